The van der Waals surface area contributed by atoms with E-state index in [1.165, 1.54) is 0 Å². The molecule has 2 unspecified atom stereocenters. The molecule has 19 heavy (non-hydrogen) atoms. The Kier molecular flexibility index (Phi) is 4.81. The Balaban J connectivity index is 2.28. The molecule has 0 bridgehead atoms. The van der Waals surface area contributed by atoms with Crippen LogP contribution in [0.5, 0.6) is 0 Å². The van der Waals surface area contributed by atoms with Crippen molar-refractivity contribution in [2.75, 3.05) is 33.4 Å². The lowest BCUT2D eigenvalue weighted by molar-refractivity contribution is -0.327. The van der Waals surface area contributed by atoms with Crippen LogP contribution in [0.2, 0.25) is 0 Å². The van der Waals surface area contributed by atoms with Crippen molar-refractivity contribution in [2.24, 2.45) is 5.41 Å². The monoisotopic (exact) mass is 276 g/mol. The molecule has 6 heteroatoms. The summed E-state index contributed by atoms with van der Waals surface area (Å²) in [6.07, 6.45) is -0.214. The molecule has 0 aromatic carbocycles. The first-order valence-electron chi connectivity index (χ1n) is 6.73. The van der Waals surface area contributed by atoms with Crippen LogP contribution >= 0.6 is 0 Å². The SMILES string of the molecule is CC(O)CC1(CC(C)O)OCOCC12COCOC2. The Hall–Kier alpha value is -0.240. The molecule has 0 saturated carbocycles. The number of hydrogen-bond donors (Lipinski definition) is 2. The molecule has 0 amide bonds. The molecule has 2 aliphatic heterocycles. The summed E-state index contributed by atoms with van der Waals surface area (Å²) in [4.78, 5) is 0. The van der Waals surface area contributed by atoms with Crippen LogP contribution in [0.4, 0.5) is 0 Å². The standard InChI is InChI=1S/C13H24O6/c1-10(14)3-13(4-11(2)15)12(7-18-9-19-13)5-16-8-17-6-12/h10-11,14-15H,3-9H2,1-2H3. The maximum absolute atomic E-state index is 9.81. The third-order valence-corrected chi connectivity index (χ3v) is 3.94. The number of hydrogen-bond acceptors (Lipinski definition) is 6. The minimum absolute atomic E-state index is 0.168. The molecular formula is C13H24O6. The summed E-state index contributed by atoms with van der Waals surface area (Å²) in [5.41, 5.74) is -1.16. The van der Waals surface area contributed by atoms with Gasteiger partial charge in [0.15, 0.2) is 0 Å². The lowest BCUT2D eigenvalue weighted by Gasteiger charge is -2.54. The van der Waals surface area contributed by atoms with E-state index in [1.807, 2.05) is 0 Å². The number of ether oxygens (including phenoxy) is 4. The molecule has 0 aliphatic carbocycles. The second-order valence-corrected chi connectivity index (χ2v) is 5.81. The number of rotatable bonds is 4. The van der Waals surface area contributed by atoms with Crippen molar-refractivity contribution in [3.05, 3.63) is 0 Å². The van der Waals surface area contributed by atoms with E-state index in [4.69, 9.17) is 18.9 Å². The van der Waals surface area contributed by atoms with Crippen molar-refractivity contribution in [3.8, 4) is 0 Å². The summed E-state index contributed by atoms with van der Waals surface area (Å²) in [6.45, 7) is 5.23. The first kappa shape index (κ1) is 15.2. The molecule has 2 fully saturated rings. The Labute approximate surface area is 113 Å². The van der Waals surface area contributed by atoms with Crippen LogP contribution in [-0.4, -0.2) is 61.4 Å². The molecule has 2 atom stereocenters. The van der Waals surface area contributed by atoms with Gasteiger partial charge >= 0.3 is 0 Å². The molecule has 6 nitrogen and oxygen atoms in total. The molecule has 2 aliphatic rings. The zero-order valence-electron chi connectivity index (χ0n) is 11.6. The van der Waals surface area contributed by atoms with Gasteiger partial charge in [0.1, 0.15) is 13.6 Å². The smallest absolute Gasteiger partial charge is 0.147 e. The highest BCUT2D eigenvalue weighted by Gasteiger charge is 2.57. The summed E-state index contributed by atoms with van der Waals surface area (Å²) in [7, 11) is 0. The van der Waals surface area contributed by atoms with E-state index in [0.29, 0.717) is 32.7 Å². The van der Waals surface area contributed by atoms with E-state index in [-0.39, 0.29) is 13.6 Å². The highest BCUT2D eigenvalue weighted by Crippen LogP contribution is 2.46. The first-order valence-corrected chi connectivity index (χ1v) is 6.73. The summed E-state index contributed by atoms with van der Waals surface area (Å²) >= 11 is 0. The van der Waals surface area contributed by atoms with Gasteiger partial charge in [-0.15, -0.1) is 0 Å². The van der Waals surface area contributed by atoms with E-state index in [1.54, 1.807) is 13.8 Å². The number of aliphatic hydroxyl groups excluding tert-OH is 2. The maximum Gasteiger partial charge on any atom is 0.147 e. The average molecular weight is 276 g/mol. The Morgan fingerprint density at radius 1 is 0.895 bits per heavy atom. The summed E-state index contributed by atoms with van der Waals surface area (Å²) in [6, 6.07) is 0. The van der Waals surface area contributed by atoms with E-state index in [9.17, 15) is 10.2 Å². The molecule has 0 aromatic heterocycles. The largest absolute Gasteiger partial charge is 0.393 e. The van der Waals surface area contributed by atoms with Crippen molar-refractivity contribution >= 4 is 0 Å². The Morgan fingerprint density at radius 3 is 1.84 bits per heavy atom. The zero-order valence-corrected chi connectivity index (χ0v) is 11.6. The molecule has 2 heterocycles. The molecule has 2 N–H and O–H groups in total. The summed E-state index contributed by atoms with van der Waals surface area (Å²) < 4.78 is 22.2. The van der Waals surface area contributed by atoms with Gasteiger partial charge in [-0.05, 0) is 13.8 Å². The van der Waals surface area contributed by atoms with Gasteiger partial charge in [-0.2, -0.15) is 0 Å². The van der Waals surface area contributed by atoms with Crippen LogP contribution in [0.1, 0.15) is 26.7 Å². The predicted octanol–water partition coefficient (Wildman–Crippen LogP) is 0.262. The minimum atomic E-state index is -0.687. The number of aliphatic hydroxyl groups is 2. The quantitative estimate of drug-likeness (QED) is 0.767. The van der Waals surface area contributed by atoms with Crippen LogP contribution in [0.3, 0.4) is 0 Å². The van der Waals surface area contributed by atoms with Crippen LogP contribution in [0.15, 0.2) is 0 Å². The van der Waals surface area contributed by atoms with E-state index in [2.05, 4.69) is 0 Å². The molecule has 112 valence electrons. The molecular weight excluding hydrogens is 252 g/mol. The predicted molar refractivity (Wildman–Crippen MR) is 66.4 cm³/mol. The Bertz CT molecular complexity index is 267. The first-order chi connectivity index (χ1) is 9.00. The third kappa shape index (κ3) is 3.09. The van der Waals surface area contributed by atoms with Gasteiger partial charge in [0, 0.05) is 12.8 Å². The van der Waals surface area contributed by atoms with Crippen LogP contribution in [-0.2, 0) is 18.9 Å². The van der Waals surface area contributed by atoms with Gasteiger partial charge in [-0.3, -0.25) is 0 Å². The summed E-state index contributed by atoms with van der Waals surface area (Å²) in [5.74, 6) is 0. The van der Waals surface area contributed by atoms with Crippen molar-refractivity contribution in [3.63, 3.8) is 0 Å². The topological polar surface area (TPSA) is 77.4 Å². The second kappa shape index (κ2) is 6.03. The van der Waals surface area contributed by atoms with Crippen molar-refractivity contribution in [1.82, 2.24) is 0 Å². The highest BCUT2D eigenvalue weighted by atomic mass is 16.7. The van der Waals surface area contributed by atoms with Gasteiger partial charge in [0.2, 0.25) is 0 Å². The lowest BCUT2D eigenvalue weighted by Crippen LogP contribution is -2.64. The zero-order chi connectivity index (χ0) is 13.9. The molecule has 1 spiro atoms. The fourth-order valence-corrected chi connectivity index (χ4v) is 3.19. The molecule has 2 saturated heterocycles. The molecule has 0 aromatic rings. The summed E-state index contributed by atoms with van der Waals surface area (Å²) in [5, 5.41) is 19.6. The van der Waals surface area contributed by atoms with Crippen molar-refractivity contribution in [2.45, 2.75) is 44.5 Å². The molecule has 2 rings (SSSR count). The fraction of sp³-hybridized carbons (Fsp3) is 1.00. The van der Waals surface area contributed by atoms with Gasteiger partial charge in [0.25, 0.3) is 0 Å². The lowest BCUT2D eigenvalue weighted by atomic mass is 9.67. The minimum Gasteiger partial charge on any atom is -0.393 e. The van der Waals surface area contributed by atoms with Crippen molar-refractivity contribution in [1.29, 1.82) is 0 Å². The second-order valence-electron chi connectivity index (χ2n) is 5.81. The highest BCUT2D eigenvalue weighted by molar-refractivity contribution is 5.04. The van der Waals surface area contributed by atoms with Crippen LogP contribution < -0.4 is 0 Å². The van der Waals surface area contributed by atoms with E-state index in [0.717, 1.165) is 0 Å². The van der Waals surface area contributed by atoms with Gasteiger partial charge in [-0.25, -0.2) is 0 Å². The normalized spacial score (nSPS) is 34.1. The van der Waals surface area contributed by atoms with Crippen molar-refractivity contribution < 1.29 is 29.2 Å². The maximum atomic E-state index is 9.81. The van der Waals surface area contributed by atoms with Gasteiger partial charge in [0.05, 0.1) is 43.0 Å². The van der Waals surface area contributed by atoms with Crippen LogP contribution in [0, 0.1) is 5.41 Å². The molecule has 0 radical (unpaired) electrons. The average Bonchev–Trinajstić information content (AvgIpc) is 2.33. The van der Waals surface area contributed by atoms with Gasteiger partial charge in [-0.1, -0.05) is 0 Å². The van der Waals surface area contributed by atoms with Crippen LogP contribution in [0.25, 0.3) is 0 Å². The third-order valence-electron chi connectivity index (χ3n) is 3.94. The van der Waals surface area contributed by atoms with E-state index >= 15 is 0 Å². The Morgan fingerprint density at radius 2 is 1.37 bits per heavy atom. The van der Waals surface area contributed by atoms with E-state index < -0.39 is 23.2 Å². The van der Waals surface area contributed by atoms with Gasteiger partial charge < -0.3 is 29.2 Å². The fourth-order valence-electron chi connectivity index (χ4n) is 3.19.